The maximum Gasteiger partial charge on any atom is 0.127 e. The van der Waals surface area contributed by atoms with Crippen LogP contribution in [-0.2, 0) is 6.54 Å². The molecule has 1 unspecified atom stereocenters. The number of anilines is 1. The zero-order chi connectivity index (χ0) is 13.3. The lowest BCUT2D eigenvalue weighted by Crippen LogP contribution is -2.12. The number of aromatic nitrogens is 2. The van der Waals surface area contributed by atoms with Gasteiger partial charge in [-0.3, -0.25) is 0 Å². The molecule has 0 spiro atoms. The average Bonchev–Trinajstić information content (AvgIpc) is 2.87. The van der Waals surface area contributed by atoms with Crippen molar-refractivity contribution in [1.29, 1.82) is 0 Å². The van der Waals surface area contributed by atoms with Gasteiger partial charge >= 0.3 is 0 Å². The van der Waals surface area contributed by atoms with Gasteiger partial charge < -0.3 is 10.3 Å². The van der Waals surface area contributed by atoms with Gasteiger partial charge in [-0.05, 0) is 18.1 Å². The Balaban J connectivity index is 2.36. The minimum absolute atomic E-state index is 0.439. The van der Waals surface area contributed by atoms with E-state index in [9.17, 15) is 0 Å². The molecule has 3 nitrogen and oxygen atoms in total. The summed E-state index contributed by atoms with van der Waals surface area (Å²) in [6, 6.07) is 0. The average molecular weight is 267 g/mol. The minimum atomic E-state index is 0.439. The van der Waals surface area contributed by atoms with Crippen molar-refractivity contribution in [2.75, 3.05) is 17.2 Å². The van der Waals surface area contributed by atoms with E-state index in [0.717, 1.165) is 23.9 Å². The molecule has 1 fully saturated rings. The summed E-state index contributed by atoms with van der Waals surface area (Å²) >= 11 is 2.02. The van der Waals surface area contributed by atoms with Crippen LogP contribution in [0.1, 0.15) is 57.5 Å². The van der Waals surface area contributed by atoms with Crippen LogP contribution in [-0.4, -0.2) is 21.1 Å². The van der Waals surface area contributed by atoms with E-state index in [1.165, 1.54) is 17.9 Å². The fourth-order valence-electron chi connectivity index (χ4n) is 2.55. The number of nitrogens with two attached hydrogens (primary N) is 1. The van der Waals surface area contributed by atoms with Crippen molar-refractivity contribution >= 4 is 17.6 Å². The maximum atomic E-state index is 6.36. The Morgan fingerprint density at radius 3 is 2.61 bits per heavy atom. The minimum Gasteiger partial charge on any atom is -0.384 e. The van der Waals surface area contributed by atoms with Gasteiger partial charge in [0.05, 0.1) is 5.69 Å². The van der Waals surface area contributed by atoms with Crippen molar-refractivity contribution in [3.8, 4) is 0 Å². The maximum absolute atomic E-state index is 6.36. The molecule has 1 saturated heterocycles. The first-order chi connectivity index (χ1) is 8.50. The third-order valence-corrected chi connectivity index (χ3v) is 4.61. The van der Waals surface area contributed by atoms with Gasteiger partial charge in [0, 0.05) is 24.1 Å². The quantitative estimate of drug-likeness (QED) is 0.908. The van der Waals surface area contributed by atoms with Crippen LogP contribution in [0, 0.1) is 5.92 Å². The van der Waals surface area contributed by atoms with Gasteiger partial charge in [0.25, 0.3) is 0 Å². The number of rotatable bonds is 4. The summed E-state index contributed by atoms with van der Waals surface area (Å²) in [5, 5.41) is 0. The molecule has 4 heteroatoms. The molecule has 1 atom stereocenters. The fourth-order valence-corrected chi connectivity index (χ4v) is 3.78. The van der Waals surface area contributed by atoms with E-state index >= 15 is 0 Å². The van der Waals surface area contributed by atoms with Crippen LogP contribution < -0.4 is 5.73 Å². The normalized spacial score (nSPS) is 20.2. The molecule has 1 aromatic rings. The van der Waals surface area contributed by atoms with Crippen LogP contribution in [0.2, 0.25) is 0 Å². The molecule has 0 bridgehead atoms. The molecule has 0 saturated carbocycles. The largest absolute Gasteiger partial charge is 0.384 e. The highest BCUT2D eigenvalue weighted by atomic mass is 32.2. The predicted octanol–water partition coefficient (Wildman–Crippen LogP) is 3.47. The van der Waals surface area contributed by atoms with Gasteiger partial charge in [-0.2, -0.15) is 11.8 Å². The van der Waals surface area contributed by atoms with Crippen molar-refractivity contribution in [2.24, 2.45) is 5.92 Å². The predicted molar refractivity (Wildman–Crippen MR) is 80.2 cm³/mol. The zero-order valence-electron chi connectivity index (χ0n) is 11.9. The molecule has 0 aliphatic carbocycles. The van der Waals surface area contributed by atoms with Crippen LogP contribution in [0.25, 0.3) is 0 Å². The van der Waals surface area contributed by atoms with Gasteiger partial charge in [0.2, 0.25) is 0 Å². The number of imidazole rings is 1. The Hall–Kier alpha value is -0.640. The van der Waals surface area contributed by atoms with Crippen LogP contribution in [0.5, 0.6) is 0 Å². The molecule has 102 valence electrons. The van der Waals surface area contributed by atoms with Crippen molar-refractivity contribution in [2.45, 2.75) is 52.5 Å². The van der Waals surface area contributed by atoms with Crippen molar-refractivity contribution < 1.29 is 0 Å². The Kier molecular flexibility index (Phi) is 4.25. The molecule has 0 amide bonds. The van der Waals surface area contributed by atoms with Gasteiger partial charge in [-0.25, -0.2) is 4.98 Å². The lowest BCUT2D eigenvalue weighted by atomic mass is 10.1. The van der Waals surface area contributed by atoms with Crippen molar-refractivity contribution in [3.63, 3.8) is 0 Å². The third kappa shape index (κ3) is 2.68. The lowest BCUT2D eigenvalue weighted by Gasteiger charge is -2.14. The van der Waals surface area contributed by atoms with E-state index in [0.29, 0.717) is 17.8 Å². The SMILES string of the molecule is CC(C)Cn1c(C(C)C)nc(C2CCSC2)c1N. The molecule has 0 aromatic carbocycles. The van der Waals surface area contributed by atoms with E-state index in [2.05, 4.69) is 32.3 Å². The second kappa shape index (κ2) is 5.55. The van der Waals surface area contributed by atoms with Crippen molar-refractivity contribution in [1.82, 2.24) is 9.55 Å². The van der Waals surface area contributed by atoms with Gasteiger partial charge in [0.1, 0.15) is 11.6 Å². The summed E-state index contributed by atoms with van der Waals surface area (Å²) in [6.45, 7) is 9.84. The molecule has 1 aromatic heterocycles. The highest BCUT2D eigenvalue weighted by Crippen LogP contribution is 2.36. The molecular weight excluding hydrogens is 242 g/mol. The zero-order valence-corrected chi connectivity index (χ0v) is 12.8. The van der Waals surface area contributed by atoms with Crippen LogP contribution in [0.15, 0.2) is 0 Å². The first-order valence-electron chi connectivity index (χ1n) is 6.94. The van der Waals surface area contributed by atoms with E-state index in [4.69, 9.17) is 10.7 Å². The van der Waals surface area contributed by atoms with E-state index in [1.807, 2.05) is 11.8 Å². The topological polar surface area (TPSA) is 43.8 Å². The first-order valence-corrected chi connectivity index (χ1v) is 8.09. The van der Waals surface area contributed by atoms with Gasteiger partial charge in [-0.1, -0.05) is 27.7 Å². The Bertz CT molecular complexity index is 403. The number of hydrogen-bond acceptors (Lipinski definition) is 3. The van der Waals surface area contributed by atoms with Crippen LogP contribution in [0.3, 0.4) is 0 Å². The molecule has 1 aliphatic heterocycles. The molecule has 2 N–H and O–H groups in total. The summed E-state index contributed by atoms with van der Waals surface area (Å²) in [5.41, 5.74) is 7.52. The Morgan fingerprint density at radius 2 is 2.11 bits per heavy atom. The van der Waals surface area contributed by atoms with Crippen LogP contribution >= 0.6 is 11.8 Å². The van der Waals surface area contributed by atoms with E-state index in [-0.39, 0.29) is 0 Å². The van der Waals surface area contributed by atoms with Crippen molar-refractivity contribution in [3.05, 3.63) is 11.5 Å². The highest BCUT2D eigenvalue weighted by Gasteiger charge is 2.26. The Morgan fingerprint density at radius 1 is 1.39 bits per heavy atom. The third-order valence-electron chi connectivity index (χ3n) is 3.45. The van der Waals surface area contributed by atoms with E-state index in [1.54, 1.807) is 0 Å². The summed E-state index contributed by atoms with van der Waals surface area (Å²) in [5.74, 6) is 6.12. The summed E-state index contributed by atoms with van der Waals surface area (Å²) in [4.78, 5) is 4.87. The highest BCUT2D eigenvalue weighted by molar-refractivity contribution is 7.99. The monoisotopic (exact) mass is 267 g/mol. The number of nitrogens with zero attached hydrogens (tertiary/aromatic N) is 2. The van der Waals surface area contributed by atoms with Crippen LogP contribution in [0.4, 0.5) is 5.82 Å². The first kappa shape index (κ1) is 13.8. The molecular formula is C14H25N3S. The Labute approximate surface area is 115 Å². The smallest absolute Gasteiger partial charge is 0.127 e. The second-order valence-corrected chi connectivity index (χ2v) is 7.11. The standard InChI is InChI=1S/C14H25N3S/c1-9(2)7-17-13(15)12(11-5-6-18-8-11)16-14(17)10(3)4/h9-11H,5-8,15H2,1-4H3. The molecule has 2 rings (SSSR count). The fraction of sp³-hybridized carbons (Fsp3) is 0.786. The lowest BCUT2D eigenvalue weighted by molar-refractivity contribution is 0.502. The second-order valence-electron chi connectivity index (χ2n) is 5.96. The summed E-state index contributed by atoms with van der Waals surface area (Å²) < 4.78 is 2.24. The summed E-state index contributed by atoms with van der Waals surface area (Å²) in [6.07, 6.45) is 1.23. The van der Waals surface area contributed by atoms with E-state index < -0.39 is 0 Å². The molecule has 18 heavy (non-hydrogen) atoms. The number of thioether (sulfide) groups is 1. The van der Waals surface area contributed by atoms with Gasteiger partial charge in [-0.15, -0.1) is 0 Å². The number of hydrogen-bond donors (Lipinski definition) is 1. The van der Waals surface area contributed by atoms with Gasteiger partial charge in [0.15, 0.2) is 0 Å². The number of nitrogen functional groups attached to an aromatic ring is 1. The molecule has 1 aliphatic rings. The summed E-state index contributed by atoms with van der Waals surface area (Å²) in [7, 11) is 0. The molecule has 2 heterocycles. The molecule has 0 radical (unpaired) electrons.